The number of amides is 1. The average Bonchev–Trinajstić information content (AvgIpc) is 2.17. The SMILES string of the molecule is CC(C)c1cnc(N(C)CC(N)=O)nc1. The van der Waals surface area contributed by atoms with Crippen molar-refractivity contribution in [2.45, 2.75) is 19.8 Å². The maximum Gasteiger partial charge on any atom is 0.237 e. The zero-order valence-electron chi connectivity index (χ0n) is 9.27. The van der Waals surface area contributed by atoms with E-state index in [0.717, 1.165) is 5.56 Å². The number of carbonyl (C=O) groups is 1. The van der Waals surface area contributed by atoms with Gasteiger partial charge in [0.2, 0.25) is 11.9 Å². The van der Waals surface area contributed by atoms with Crippen LogP contribution in [-0.4, -0.2) is 29.5 Å². The summed E-state index contributed by atoms with van der Waals surface area (Å²) in [5, 5.41) is 0. The molecule has 5 heteroatoms. The van der Waals surface area contributed by atoms with E-state index in [1.54, 1.807) is 24.3 Å². The van der Waals surface area contributed by atoms with E-state index in [9.17, 15) is 4.79 Å². The van der Waals surface area contributed by atoms with Crippen molar-refractivity contribution < 1.29 is 4.79 Å². The molecule has 0 aliphatic rings. The van der Waals surface area contributed by atoms with Gasteiger partial charge in [0, 0.05) is 19.4 Å². The van der Waals surface area contributed by atoms with Crippen LogP contribution in [0.15, 0.2) is 12.4 Å². The topological polar surface area (TPSA) is 72.1 Å². The molecular weight excluding hydrogens is 192 g/mol. The van der Waals surface area contributed by atoms with E-state index in [4.69, 9.17) is 5.73 Å². The summed E-state index contributed by atoms with van der Waals surface area (Å²) in [6.07, 6.45) is 3.54. The van der Waals surface area contributed by atoms with E-state index in [1.165, 1.54) is 0 Å². The van der Waals surface area contributed by atoms with Gasteiger partial charge in [0.05, 0.1) is 6.54 Å². The number of nitrogens with zero attached hydrogens (tertiary/aromatic N) is 3. The second kappa shape index (κ2) is 4.72. The number of rotatable bonds is 4. The van der Waals surface area contributed by atoms with E-state index in [1.807, 2.05) is 0 Å². The average molecular weight is 208 g/mol. The van der Waals surface area contributed by atoms with Crippen LogP contribution in [0.25, 0.3) is 0 Å². The Morgan fingerprint density at radius 1 is 1.47 bits per heavy atom. The van der Waals surface area contributed by atoms with Crippen molar-refractivity contribution in [1.82, 2.24) is 9.97 Å². The summed E-state index contributed by atoms with van der Waals surface area (Å²) < 4.78 is 0. The largest absolute Gasteiger partial charge is 0.368 e. The molecule has 82 valence electrons. The zero-order chi connectivity index (χ0) is 11.4. The Labute approximate surface area is 89.3 Å². The Bertz CT molecular complexity index is 334. The summed E-state index contributed by atoms with van der Waals surface area (Å²) in [5.41, 5.74) is 6.15. The summed E-state index contributed by atoms with van der Waals surface area (Å²) in [7, 11) is 1.73. The molecule has 0 saturated carbocycles. The van der Waals surface area contributed by atoms with Gasteiger partial charge in [-0.2, -0.15) is 0 Å². The van der Waals surface area contributed by atoms with Crippen molar-refractivity contribution >= 4 is 11.9 Å². The maximum atomic E-state index is 10.7. The van der Waals surface area contributed by atoms with Gasteiger partial charge in [-0.25, -0.2) is 9.97 Å². The van der Waals surface area contributed by atoms with Gasteiger partial charge in [-0.1, -0.05) is 13.8 Å². The molecule has 1 amide bonds. The smallest absolute Gasteiger partial charge is 0.237 e. The summed E-state index contributed by atoms with van der Waals surface area (Å²) >= 11 is 0. The Morgan fingerprint density at radius 3 is 2.40 bits per heavy atom. The van der Waals surface area contributed by atoms with Crippen LogP contribution in [0.4, 0.5) is 5.95 Å². The molecule has 0 bridgehead atoms. The van der Waals surface area contributed by atoms with Gasteiger partial charge < -0.3 is 10.6 Å². The van der Waals surface area contributed by atoms with Crippen LogP contribution in [-0.2, 0) is 4.79 Å². The lowest BCUT2D eigenvalue weighted by Crippen LogP contribution is -2.31. The predicted octanol–water partition coefficient (Wildman–Crippen LogP) is 0.521. The van der Waals surface area contributed by atoms with Crippen LogP contribution in [0.1, 0.15) is 25.3 Å². The predicted molar refractivity (Wildman–Crippen MR) is 58.6 cm³/mol. The van der Waals surface area contributed by atoms with Crippen molar-refractivity contribution in [3.63, 3.8) is 0 Å². The number of anilines is 1. The Hall–Kier alpha value is -1.65. The van der Waals surface area contributed by atoms with Crippen LogP contribution in [0.5, 0.6) is 0 Å². The third kappa shape index (κ3) is 3.19. The molecule has 0 radical (unpaired) electrons. The molecular formula is C10H16N4O. The highest BCUT2D eigenvalue weighted by atomic mass is 16.1. The van der Waals surface area contributed by atoms with Crippen molar-refractivity contribution in [2.24, 2.45) is 5.73 Å². The van der Waals surface area contributed by atoms with E-state index >= 15 is 0 Å². The zero-order valence-corrected chi connectivity index (χ0v) is 9.27. The number of hydrogen-bond donors (Lipinski definition) is 1. The number of likely N-dealkylation sites (N-methyl/N-ethyl adjacent to an activating group) is 1. The van der Waals surface area contributed by atoms with Crippen LogP contribution in [0.3, 0.4) is 0 Å². The molecule has 0 saturated heterocycles. The van der Waals surface area contributed by atoms with Crippen molar-refractivity contribution in [2.75, 3.05) is 18.5 Å². The quantitative estimate of drug-likeness (QED) is 0.783. The fourth-order valence-electron chi connectivity index (χ4n) is 1.13. The lowest BCUT2D eigenvalue weighted by molar-refractivity contribution is -0.116. The lowest BCUT2D eigenvalue weighted by Gasteiger charge is -2.15. The standard InChI is InChI=1S/C10H16N4O/c1-7(2)8-4-12-10(13-5-8)14(3)6-9(11)15/h4-5,7H,6H2,1-3H3,(H2,11,15). The number of carbonyl (C=O) groups excluding carboxylic acids is 1. The minimum atomic E-state index is -0.394. The van der Waals surface area contributed by atoms with Crippen LogP contribution < -0.4 is 10.6 Å². The molecule has 0 aliphatic heterocycles. The van der Waals surface area contributed by atoms with E-state index in [0.29, 0.717) is 11.9 Å². The molecule has 15 heavy (non-hydrogen) atoms. The monoisotopic (exact) mass is 208 g/mol. The lowest BCUT2D eigenvalue weighted by atomic mass is 10.1. The Balaban J connectivity index is 2.75. The van der Waals surface area contributed by atoms with Gasteiger partial charge in [0.1, 0.15) is 0 Å². The molecule has 1 aromatic rings. The van der Waals surface area contributed by atoms with Crippen LogP contribution >= 0.6 is 0 Å². The van der Waals surface area contributed by atoms with E-state index in [2.05, 4.69) is 23.8 Å². The van der Waals surface area contributed by atoms with Crippen molar-refractivity contribution in [3.8, 4) is 0 Å². The van der Waals surface area contributed by atoms with Gasteiger partial charge in [-0.15, -0.1) is 0 Å². The summed E-state index contributed by atoms with van der Waals surface area (Å²) in [5.74, 6) is 0.521. The van der Waals surface area contributed by atoms with Gasteiger partial charge in [0.25, 0.3) is 0 Å². The van der Waals surface area contributed by atoms with Gasteiger partial charge in [-0.3, -0.25) is 4.79 Å². The fraction of sp³-hybridized carbons (Fsp3) is 0.500. The number of primary amides is 1. The first-order valence-corrected chi connectivity index (χ1v) is 4.82. The first kappa shape index (κ1) is 11.4. The third-order valence-electron chi connectivity index (χ3n) is 2.06. The Morgan fingerprint density at radius 2 is 2.00 bits per heavy atom. The Kier molecular flexibility index (Phi) is 3.60. The number of hydrogen-bond acceptors (Lipinski definition) is 4. The first-order chi connectivity index (χ1) is 7.00. The highest BCUT2D eigenvalue weighted by Crippen LogP contribution is 2.13. The molecule has 1 aromatic heterocycles. The number of aromatic nitrogens is 2. The van der Waals surface area contributed by atoms with Crippen molar-refractivity contribution in [3.05, 3.63) is 18.0 Å². The molecule has 0 fully saturated rings. The molecule has 1 heterocycles. The fourth-order valence-corrected chi connectivity index (χ4v) is 1.13. The minimum absolute atomic E-state index is 0.126. The number of nitrogens with two attached hydrogens (primary N) is 1. The minimum Gasteiger partial charge on any atom is -0.368 e. The van der Waals surface area contributed by atoms with Crippen molar-refractivity contribution in [1.29, 1.82) is 0 Å². The second-order valence-electron chi connectivity index (χ2n) is 3.79. The molecule has 0 atom stereocenters. The van der Waals surface area contributed by atoms with Gasteiger partial charge in [-0.05, 0) is 11.5 Å². The summed E-state index contributed by atoms with van der Waals surface area (Å²) in [4.78, 5) is 20.6. The van der Waals surface area contributed by atoms with Crippen LogP contribution in [0.2, 0.25) is 0 Å². The first-order valence-electron chi connectivity index (χ1n) is 4.82. The van der Waals surface area contributed by atoms with Crippen LogP contribution in [0, 0.1) is 0 Å². The molecule has 0 unspecified atom stereocenters. The molecule has 5 nitrogen and oxygen atoms in total. The maximum absolute atomic E-state index is 10.7. The molecule has 2 N–H and O–H groups in total. The highest BCUT2D eigenvalue weighted by molar-refractivity contribution is 5.78. The second-order valence-corrected chi connectivity index (χ2v) is 3.79. The highest BCUT2D eigenvalue weighted by Gasteiger charge is 2.07. The molecule has 0 aromatic carbocycles. The molecule has 0 aliphatic carbocycles. The normalized spacial score (nSPS) is 10.4. The van der Waals surface area contributed by atoms with Gasteiger partial charge >= 0.3 is 0 Å². The third-order valence-corrected chi connectivity index (χ3v) is 2.06. The van der Waals surface area contributed by atoms with Gasteiger partial charge in [0.15, 0.2) is 0 Å². The van der Waals surface area contributed by atoms with E-state index < -0.39 is 5.91 Å². The van der Waals surface area contributed by atoms with E-state index in [-0.39, 0.29) is 6.54 Å². The molecule has 1 rings (SSSR count). The summed E-state index contributed by atoms with van der Waals surface area (Å²) in [6, 6.07) is 0. The summed E-state index contributed by atoms with van der Waals surface area (Å²) in [6.45, 7) is 4.28. The molecule has 0 spiro atoms.